The molecule has 0 saturated carbocycles. The number of aromatic amines is 1. The van der Waals surface area contributed by atoms with Crippen molar-refractivity contribution in [1.82, 2.24) is 20.1 Å². The van der Waals surface area contributed by atoms with Crippen molar-refractivity contribution in [3.05, 3.63) is 27.2 Å². The first kappa shape index (κ1) is 18.2. The highest BCUT2D eigenvalue weighted by atomic mass is 16.3. The van der Waals surface area contributed by atoms with Gasteiger partial charge in [0.2, 0.25) is 5.91 Å². The maximum atomic E-state index is 12.2. The van der Waals surface area contributed by atoms with Crippen LogP contribution in [0.25, 0.3) is 11.0 Å². The Bertz CT molecular complexity index is 804. The molecule has 0 bridgehead atoms. The molecular weight excluding hydrogens is 308 g/mol. The topological polar surface area (TPSA) is 100 Å². The van der Waals surface area contributed by atoms with Crippen molar-refractivity contribution in [2.75, 3.05) is 6.54 Å². The van der Waals surface area contributed by atoms with Crippen LogP contribution in [0.3, 0.4) is 0 Å². The second kappa shape index (κ2) is 7.17. The molecule has 132 valence electrons. The van der Waals surface area contributed by atoms with E-state index in [4.69, 9.17) is 0 Å². The number of nitrogens with zero attached hydrogens (tertiary/aromatic N) is 2. The SMILES string of the molecule is Cc1nc2[nH]n(C)c(=O)c2c(C)c1CC(=O)NCC(O)CC(C)C. The van der Waals surface area contributed by atoms with Crippen molar-refractivity contribution >= 4 is 16.9 Å². The number of amides is 1. The van der Waals surface area contributed by atoms with Crippen LogP contribution < -0.4 is 10.9 Å². The van der Waals surface area contributed by atoms with Gasteiger partial charge in [0, 0.05) is 19.3 Å². The molecule has 24 heavy (non-hydrogen) atoms. The fourth-order valence-electron chi connectivity index (χ4n) is 2.95. The van der Waals surface area contributed by atoms with E-state index in [1.165, 1.54) is 4.68 Å². The average Bonchev–Trinajstić information content (AvgIpc) is 2.75. The Labute approximate surface area is 141 Å². The van der Waals surface area contributed by atoms with Gasteiger partial charge in [0.25, 0.3) is 5.56 Å². The van der Waals surface area contributed by atoms with Crippen LogP contribution in [0.5, 0.6) is 0 Å². The molecule has 2 heterocycles. The second-order valence-corrected chi connectivity index (χ2v) is 6.76. The number of fused-ring (bicyclic) bond motifs is 1. The van der Waals surface area contributed by atoms with Gasteiger partial charge in [-0.3, -0.25) is 19.4 Å². The first-order chi connectivity index (χ1) is 11.2. The molecule has 1 unspecified atom stereocenters. The fraction of sp³-hybridized carbons (Fsp3) is 0.588. The second-order valence-electron chi connectivity index (χ2n) is 6.76. The number of pyridine rings is 1. The predicted octanol–water partition coefficient (Wildman–Crippen LogP) is 0.944. The summed E-state index contributed by atoms with van der Waals surface area (Å²) >= 11 is 0. The van der Waals surface area contributed by atoms with Gasteiger partial charge in [0.15, 0.2) is 5.65 Å². The molecule has 7 heteroatoms. The number of carbonyl (C=O) groups is 1. The predicted molar refractivity (Wildman–Crippen MR) is 93.0 cm³/mol. The van der Waals surface area contributed by atoms with E-state index in [0.29, 0.717) is 23.4 Å². The summed E-state index contributed by atoms with van der Waals surface area (Å²) in [6, 6.07) is 0. The summed E-state index contributed by atoms with van der Waals surface area (Å²) in [5, 5.41) is 16.0. The summed E-state index contributed by atoms with van der Waals surface area (Å²) in [5.41, 5.74) is 2.64. The Morgan fingerprint density at radius 3 is 2.67 bits per heavy atom. The third-order valence-electron chi connectivity index (χ3n) is 4.19. The summed E-state index contributed by atoms with van der Waals surface area (Å²) in [6.07, 6.45) is 0.239. The lowest BCUT2D eigenvalue weighted by molar-refractivity contribution is -0.121. The molecule has 3 N–H and O–H groups in total. The zero-order valence-electron chi connectivity index (χ0n) is 14.9. The van der Waals surface area contributed by atoms with Crippen LogP contribution in [0.2, 0.25) is 0 Å². The van der Waals surface area contributed by atoms with Gasteiger partial charge < -0.3 is 10.4 Å². The average molecular weight is 334 g/mol. The highest BCUT2D eigenvalue weighted by Gasteiger charge is 2.17. The zero-order valence-corrected chi connectivity index (χ0v) is 14.9. The molecule has 2 aromatic rings. The number of aliphatic hydroxyl groups excluding tert-OH is 1. The Balaban J connectivity index is 2.16. The molecule has 0 spiro atoms. The molecule has 0 radical (unpaired) electrons. The van der Waals surface area contributed by atoms with Crippen LogP contribution in [0.15, 0.2) is 4.79 Å². The van der Waals surface area contributed by atoms with Crippen molar-refractivity contribution in [3.63, 3.8) is 0 Å². The molecule has 0 aliphatic carbocycles. The van der Waals surface area contributed by atoms with Crippen LogP contribution in [0.4, 0.5) is 0 Å². The van der Waals surface area contributed by atoms with Gasteiger partial charge >= 0.3 is 0 Å². The zero-order chi connectivity index (χ0) is 18.0. The number of aromatic nitrogens is 3. The molecule has 2 rings (SSSR count). The quantitative estimate of drug-likeness (QED) is 0.732. The highest BCUT2D eigenvalue weighted by molar-refractivity contribution is 5.84. The molecule has 0 fully saturated rings. The molecule has 0 aromatic carbocycles. The van der Waals surface area contributed by atoms with E-state index in [1.54, 1.807) is 7.05 Å². The number of hydrogen-bond donors (Lipinski definition) is 3. The minimum atomic E-state index is -0.547. The first-order valence-electron chi connectivity index (χ1n) is 8.20. The third-order valence-corrected chi connectivity index (χ3v) is 4.19. The molecule has 7 nitrogen and oxygen atoms in total. The first-order valence-corrected chi connectivity index (χ1v) is 8.20. The largest absolute Gasteiger partial charge is 0.391 e. The molecule has 0 aliphatic rings. The van der Waals surface area contributed by atoms with Crippen LogP contribution >= 0.6 is 0 Å². The number of H-pyrrole nitrogens is 1. The van der Waals surface area contributed by atoms with E-state index in [9.17, 15) is 14.7 Å². The standard InChI is InChI=1S/C17H26N4O3/c1-9(2)6-12(22)8-18-14(23)7-13-10(3)15-16(19-11(13)4)20-21(5)17(15)24/h9,12,22H,6-8H2,1-5H3,(H,18,23)(H,19,20). The monoisotopic (exact) mass is 334 g/mol. The van der Waals surface area contributed by atoms with Gasteiger partial charge in [0.1, 0.15) is 0 Å². The van der Waals surface area contributed by atoms with Gasteiger partial charge in [-0.2, -0.15) is 0 Å². The van der Waals surface area contributed by atoms with Gasteiger partial charge in [-0.15, -0.1) is 0 Å². The summed E-state index contributed by atoms with van der Waals surface area (Å²) in [5.74, 6) is 0.190. The number of hydrogen-bond acceptors (Lipinski definition) is 4. The van der Waals surface area contributed by atoms with Gasteiger partial charge in [0.05, 0.1) is 17.9 Å². The Morgan fingerprint density at radius 2 is 2.04 bits per heavy atom. The molecular formula is C17H26N4O3. The fourth-order valence-corrected chi connectivity index (χ4v) is 2.95. The lowest BCUT2D eigenvalue weighted by atomic mass is 10.0. The van der Waals surface area contributed by atoms with E-state index >= 15 is 0 Å². The smallest absolute Gasteiger partial charge is 0.276 e. The summed E-state index contributed by atoms with van der Waals surface area (Å²) in [7, 11) is 1.64. The molecule has 0 aliphatic heterocycles. The molecule has 0 saturated heterocycles. The highest BCUT2D eigenvalue weighted by Crippen LogP contribution is 2.19. The number of carbonyl (C=O) groups excluding carboxylic acids is 1. The van der Waals surface area contributed by atoms with Gasteiger partial charge in [-0.25, -0.2) is 4.98 Å². The van der Waals surface area contributed by atoms with E-state index in [1.807, 2.05) is 27.7 Å². The molecule has 1 atom stereocenters. The van der Waals surface area contributed by atoms with E-state index in [-0.39, 0.29) is 24.4 Å². The van der Waals surface area contributed by atoms with Crippen LogP contribution in [-0.4, -0.2) is 38.4 Å². The Morgan fingerprint density at radius 1 is 1.38 bits per heavy atom. The van der Waals surface area contributed by atoms with Crippen LogP contribution in [-0.2, 0) is 18.3 Å². The summed E-state index contributed by atoms with van der Waals surface area (Å²) in [6.45, 7) is 7.94. The van der Waals surface area contributed by atoms with Crippen molar-refractivity contribution in [3.8, 4) is 0 Å². The Hall–Kier alpha value is -2.15. The lowest BCUT2D eigenvalue weighted by Gasteiger charge is -2.15. The minimum Gasteiger partial charge on any atom is -0.391 e. The van der Waals surface area contributed by atoms with Crippen molar-refractivity contribution in [2.24, 2.45) is 13.0 Å². The van der Waals surface area contributed by atoms with E-state index in [0.717, 1.165) is 16.8 Å². The van der Waals surface area contributed by atoms with E-state index < -0.39 is 6.10 Å². The van der Waals surface area contributed by atoms with Crippen LogP contribution in [0.1, 0.15) is 37.1 Å². The molecule has 1 amide bonds. The van der Waals surface area contributed by atoms with E-state index in [2.05, 4.69) is 15.4 Å². The number of aliphatic hydroxyl groups is 1. The molecule has 2 aromatic heterocycles. The van der Waals surface area contributed by atoms with Crippen molar-refractivity contribution < 1.29 is 9.90 Å². The van der Waals surface area contributed by atoms with Gasteiger partial charge in [-0.05, 0) is 37.3 Å². The maximum Gasteiger partial charge on any atom is 0.276 e. The summed E-state index contributed by atoms with van der Waals surface area (Å²) < 4.78 is 1.39. The number of rotatable bonds is 6. The lowest BCUT2D eigenvalue weighted by Crippen LogP contribution is -2.34. The van der Waals surface area contributed by atoms with Gasteiger partial charge in [-0.1, -0.05) is 13.8 Å². The Kier molecular flexibility index (Phi) is 5.43. The third kappa shape index (κ3) is 3.84. The number of aryl methyl sites for hydroxylation is 3. The normalized spacial score (nSPS) is 12.8. The van der Waals surface area contributed by atoms with Crippen LogP contribution in [0, 0.1) is 19.8 Å². The minimum absolute atomic E-state index is 0.142. The van der Waals surface area contributed by atoms with Crippen molar-refractivity contribution in [1.29, 1.82) is 0 Å². The van der Waals surface area contributed by atoms with Crippen molar-refractivity contribution in [2.45, 2.75) is 46.6 Å². The number of nitrogens with one attached hydrogen (secondary N) is 2. The summed E-state index contributed by atoms with van der Waals surface area (Å²) in [4.78, 5) is 28.8. The maximum absolute atomic E-state index is 12.2.